The van der Waals surface area contributed by atoms with Crippen molar-refractivity contribution in [1.82, 2.24) is 0 Å². The van der Waals surface area contributed by atoms with Crippen molar-refractivity contribution in [2.24, 2.45) is 0 Å². The van der Waals surface area contributed by atoms with Gasteiger partial charge < -0.3 is 15.4 Å². The predicted molar refractivity (Wildman–Crippen MR) is 97.7 cm³/mol. The Morgan fingerprint density at radius 2 is 1.96 bits per heavy atom. The van der Waals surface area contributed by atoms with Gasteiger partial charge in [-0.15, -0.1) is 0 Å². The van der Waals surface area contributed by atoms with Crippen molar-refractivity contribution in [3.63, 3.8) is 0 Å². The third kappa shape index (κ3) is 4.60. The summed E-state index contributed by atoms with van der Waals surface area (Å²) in [5.74, 6) is -0.226. The number of carbonyl (C=O) groups excluding carboxylic acids is 1. The van der Waals surface area contributed by atoms with Gasteiger partial charge in [0.1, 0.15) is 0 Å². The van der Waals surface area contributed by atoms with Gasteiger partial charge in [0.15, 0.2) is 5.75 Å². The van der Waals surface area contributed by atoms with Crippen molar-refractivity contribution in [2.75, 3.05) is 24.3 Å². The first-order chi connectivity index (χ1) is 11.8. The molecule has 0 saturated heterocycles. The first-order valence-corrected chi connectivity index (χ1v) is 7.82. The average Bonchev–Trinajstić information content (AvgIpc) is 2.55. The molecule has 0 atom stereocenters. The number of ether oxygens (including phenoxy) is 1. The molecule has 0 aliphatic carbocycles. The molecule has 0 aliphatic rings. The first-order valence-electron chi connectivity index (χ1n) is 7.44. The molecule has 0 fully saturated rings. The van der Waals surface area contributed by atoms with Crippen LogP contribution in [0.4, 0.5) is 17.1 Å². The number of anilines is 2. The monoisotopic (exact) mass is 363 g/mol. The number of rotatable bonds is 6. The fraction of sp³-hybridized carbons (Fsp3) is 0.235. The quantitative estimate of drug-likeness (QED) is 0.599. The van der Waals surface area contributed by atoms with Crippen molar-refractivity contribution < 1.29 is 14.5 Å². The van der Waals surface area contributed by atoms with E-state index in [1.165, 1.54) is 19.2 Å². The number of nitro benzene ring substituents is 1. The van der Waals surface area contributed by atoms with Crippen LogP contribution in [0.3, 0.4) is 0 Å². The van der Waals surface area contributed by atoms with Gasteiger partial charge in [-0.1, -0.05) is 17.7 Å². The number of nitrogens with one attached hydrogen (secondary N) is 2. The summed E-state index contributed by atoms with van der Waals surface area (Å²) in [7, 11) is 1.34. The summed E-state index contributed by atoms with van der Waals surface area (Å²) in [5.41, 5.74) is 2.54. The van der Waals surface area contributed by atoms with E-state index >= 15 is 0 Å². The molecule has 0 bridgehead atoms. The van der Waals surface area contributed by atoms with Crippen LogP contribution in [0.2, 0.25) is 5.02 Å². The van der Waals surface area contributed by atoms with Gasteiger partial charge in [0.05, 0.1) is 29.3 Å². The molecular formula is C17H18ClN3O4. The molecule has 2 rings (SSSR count). The molecule has 0 unspecified atom stereocenters. The molecule has 2 aromatic rings. The van der Waals surface area contributed by atoms with Crippen molar-refractivity contribution in [3.8, 4) is 5.75 Å². The van der Waals surface area contributed by atoms with E-state index in [0.29, 0.717) is 22.0 Å². The van der Waals surface area contributed by atoms with Gasteiger partial charge in [0, 0.05) is 17.8 Å². The molecule has 1 amide bonds. The zero-order valence-electron chi connectivity index (χ0n) is 14.1. The van der Waals surface area contributed by atoms with E-state index < -0.39 is 4.92 Å². The second kappa shape index (κ2) is 7.85. The molecule has 25 heavy (non-hydrogen) atoms. The fourth-order valence-electron chi connectivity index (χ4n) is 2.25. The van der Waals surface area contributed by atoms with Crippen molar-refractivity contribution in [3.05, 3.63) is 56.6 Å². The minimum atomic E-state index is -0.529. The molecule has 2 N–H and O–H groups in total. The summed E-state index contributed by atoms with van der Waals surface area (Å²) in [6, 6.07) is 8.28. The molecule has 7 nitrogen and oxygen atoms in total. The number of aryl methyl sites for hydroxylation is 2. The first kappa shape index (κ1) is 18.5. The molecule has 132 valence electrons. The molecule has 0 saturated carbocycles. The second-order valence-electron chi connectivity index (χ2n) is 5.48. The average molecular weight is 364 g/mol. The van der Waals surface area contributed by atoms with Crippen LogP contribution in [0, 0.1) is 24.0 Å². The van der Waals surface area contributed by atoms with Crippen LogP contribution in [-0.2, 0) is 4.79 Å². The van der Waals surface area contributed by atoms with Crippen molar-refractivity contribution in [2.45, 2.75) is 13.8 Å². The third-order valence-electron chi connectivity index (χ3n) is 3.56. The smallest absolute Gasteiger partial charge is 0.311 e. The number of methoxy groups -OCH3 is 1. The Labute approximate surface area is 150 Å². The Morgan fingerprint density at radius 1 is 1.24 bits per heavy atom. The van der Waals surface area contributed by atoms with Crippen LogP contribution in [0.5, 0.6) is 5.75 Å². The van der Waals surface area contributed by atoms with Gasteiger partial charge >= 0.3 is 5.69 Å². The van der Waals surface area contributed by atoms with E-state index in [-0.39, 0.29) is 23.9 Å². The van der Waals surface area contributed by atoms with Crippen LogP contribution >= 0.6 is 11.6 Å². The molecular weight excluding hydrogens is 346 g/mol. The summed E-state index contributed by atoms with van der Waals surface area (Å²) in [4.78, 5) is 22.6. The maximum absolute atomic E-state index is 12.1. The highest BCUT2D eigenvalue weighted by molar-refractivity contribution is 6.33. The summed E-state index contributed by atoms with van der Waals surface area (Å²) in [6.45, 7) is 3.60. The topological polar surface area (TPSA) is 93.5 Å². The highest BCUT2D eigenvalue weighted by atomic mass is 35.5. The van der Waals surface area contributed by atoms with Crippen LogP contribution < -0.4 is 15.4 Å². The van der Waals surface area contributed by atoms with E-state index in [2.05, 4.69) is 10.6 Å². The lowest BCUT2D eigenvalue weighted by molar-refractivity contribution is -0.385. The Kier molecular flexibility index (Phi) is 5.82. The number of amides is 1. The summed E-state index contributed by atoms with van der Waals surface area (Å²) in [6.07, 6.45) is 0. The number of nitro groups is 1. The molecule has 2 aromatic carbocycles. The Balaban J connectivity index is 2.08. The summed E-state index contributed by atoms with van der Waals surface area (Å²) >= 11 is 6.11. The molecule has 0 spiro atoms. The van der Waals surface area contributed by atoms with E-state index in [1.807, 2.05) is 13.0 Å². The molecule has 0 radical (unpaired) electrons. The van der Waals surface area contributed by atoms with Gasteiger partial charge in [-0.05, 0) is 37.1 Å². The van der Waals surface area contributed by atoms with E-state index in [1.54, 1.807) is 19.1 Å². The van der Waals surface area contributed by atoms with Crippen LogP contribution in [-0.4, -0.2) is 24.5 Å². The number of carbonyl (C=O) groups is 1. The maximum Gasteiger partial charge on any atom is 0.311 e. The Morgan fingerprint density at radius 3 is 2.56 bits per heavy atom. The Bertz CT molecular complexity index is 824. The molecule has 0 heterocycles. The fourth-order valence-corrected chi connectivity index (χ4v) is 2.55. The highest BCUT2D eigenvalue weighted by Gasteiger charge is 2.18. The summed E-state index contributed by atoms with van der Waals surface area (Å²) < 4.78 is 5.01. The number of hydrogen-bond acceptors (Lipinski definition) is 5. The lowest BCUT2D eigenvalue weighted by Gasteiger charge is -2.12. The molecule has 0 aliphatic heterocycles. The zero-order chi connectivity index (χ0) is 18.6. The summed E-state index contributed by atoms with van der Waals surface area (Å²) in [5, 5.41) is 17.2. The standard InChI is InChI=1S/C17H18ClN3O4/c1-10-4-5-13(12(18)6-10)19-9-17(22)20-14-8-16(25-3)15(21(23)24)7-11(14)2/h4-8,19H,9H2,1-3H3,(H,20,22). The predicted octanol–water partition coefficient (Wildman–Crippen LogP) is 3.92. The second-order valence-corrected chi connectivity index (χ2v) is 5.89. The van der Waals surface area contributed by atoms with E-state index in [4.69, 9.17) is 16.3 Å². The highest BCUT2D eigenvalue weighted by Crippen LogP contribution is 2.32. The number of halogens is 1. The van der Waals surface area contributed by atoms with E-state index in [0.717, 1.165) is 5.56 Å². The van der Waals surface area contributed by atoms with Crippen molar-refractivity contribution in [1.29, 1.82) is 0 Å². The SMILES string of the molecule is COc1cc(NC(=O)CNc2ccc(C)cc2Cl)c(C)cc1[N+](=O)[O-]. The lowest BCUT2D eigenvalue weighted by Crippen LogP contribution is -2.22. The van der Waals surface area contributed by atoms with Gasteiger partial charge in [-0.25, -0.2) is 0 Å². The van der Waals surface area contributed by atoms with Crippen LogP contribution in [0.1, 0.15) is 11.1 Å². The lowest BCUT2D eigenvalue weighted by atomic mass is 10.1. The zero-order valence-corrected chi connectivity index (χ0v) is 14.8. The van der Waals surface area contributed by atoms with Crippen LogP contribution in [0.25, 0.3) is 0 Å². The molecule has 0 aromatic heterocycles. The van der Waals surface area contributed by atoms with Crippen molar-refractivity contribution >= 4 is 34.6 Å². The maximum atomic E-state index is 12.1. The number of hydrogen-bond donors (Lipinski definition) is 2. The Hall–Kier alpha value is -2.80. The number of nitrogens with zero attached hydrogens (tertiary/aromatic N) is 1. The largest absolute Gasteiger partial charge is 0.490 e. The normalized spacial score (nSPS) is 10.2. The minimum absolute atomic E-state index is 0.00151. The van der Waals surface area contributed by atoms with Crippen LogP contribution in [0.15, 0.2) is 30.3 Å². The minimum Gasteiger partial charge on any atom is -0.490 e. The third-order valence-corrected chi connectivity index (χ3v) is 3.87. The van der Waals surface area contributed by atoms with Gasteiger partial charge in [0.2, 0.25) is 5.91 Å². The molecule has 8 heteroatoms. The van der Waals surface area contributed by atoms with E-state index in [9.17, 15) is 14.9 Å². The van der Waals surface area contributed by atoms with Gasteiger partial charge in [-0.2, -0.15) is 0 Å². The van der Waals surface area contributed by atoms with Gasteiger partial charge in [-0.3, -0.25) is 14.9 Å². The number of benzene rings is 2. The van der Waals surface area contributed by atoms with Gasteiger partial charge in [0.25, 0.3) is 0 Å².